The van der Waals surface area contributed by atoms with Crippen molar-refractivity contribution < 1.29 is 40.7 Å². The summed E-state index contributed by atoms with van der Waals surface area (Å²) in [4.78, 5) is 24.1. The predicted molar refractivity (Wildman–Crippen MR) is 106 cm³/mol. The van der Waals surface area contributed by atoms with Gasteiger partial charge in [-0.2, -0.15) is 26.3 Å². The number of carbonyl (C=O) groups is 2. The average Bonchev–Trinajstić information content (AvgIpc) is 3.09. The van der Waals surface area contributed by atoms with Crippen LogP contribution in [0.5, 0.6) is 0 Å². The number of esters is 1. The molecular formula is C22H18F6N2O3. The van der Waals surface area contributed by atoms with E-state index in [1.807, 2.05) is 0 Å². The minimum absolute atomic E-state index is 0.0121. The minimum Gasteiger partial charge on any atom is -0.460 e. The molecule has 1 atom stereocenters. The molecule has 0 saturated carbocycles. The Labute approximate surface area is 183 Å². The van der Waals surface area contributed by atoms with Crippen LogP contribution >= 0.6 is 0 Å². The van der Waals surface area contributed by atoms with Crippen LogP contribution in [-0.4, -0.2) is 22.5 Å². The SMILES string of the molecule is CC(=O)n1cc(CC(N)C(=O)OCc2cc(C(F)(F)F)cc(C(F)(F)F)c2)c2ccccc21. The molecule has 0 aliphatic heterocycles. The van der Waals surface area contributed by atoms with Crippen molar-refractivity contribution in [1.82, 2.24) is 4.57 Å². The molecular weight excluding hydrogens is 454 g/mol. The summed E-state index contributed by atoms with van der Waals surface area (Å²) in [6, 6.07) is 6.57. The van der Waals surface area contributed by atoms with Crippen LogP contribution in [0.2, 0.25) is 0 Å². The molecule has 0 radical (unpaired) electrons. The van der Waals surface area contributed by atoms with E-state index in [2.05, 4.69) is 0 Å². The number of aromatic nitrogens is 1. The van der Waals surface area contributed by atoms with Gasteiger partial charge in [0.15, 0.2) is 0 Å². The third-order valence-electron chi connectivity index (χ3n) is 4.90. The summed E-state index contributed by atoms with van der Waals surface area (Å²) in [5.41, 5.74) is 3.52. The van der Waals surface area contributed by atoms with Gasteiger partial charge in [-0.3, -0.25) is 14.2 Å². The number of benzene rings is 2. The van der Waals surface area contributed by atoms with Crippen LogP contribution in [0.15, 0.2) is 48.7 Å². The Hall–Kier alpha value is -3.34. The molecule has 0 saturated heterocycles. The van der Waals surface area contributed by atoms with E-state index >= 15 is 0 Å². The van der Waals surface area contributed by atoms with Gasteiger partial charge in [0.25, 0.3) is 0 Å². The van der Waals surface area contributed by atoms with Crippen LogP contribution < -0.4 is 5.73 Å². The third-order valence-corrected chi connectivity index (χ3v) is 4.90. The van der Waals surface area contributed by atoms with Gasteiger partial charge in [0.1, 0.15) is 12.6 Å². The lowest BCUT2D eigenvalue weighted by Crippen LogP contribution is -2.34. The Morgan fingerprint density at radius 3 is 2.12 bits per heavy atom. The van der Waals surface area contributed by atoms with E-state index < -0.39 is 47.7 Å². The van der Waals surface area contributed by atoms with Crippen LogP contribution in [0.1, 0.15) is 34.0 Å². The summed E-state index contributed by atoms with van der Waals surface area (Å²) < 4.78 is 84.1. The van der Waals surface area contributed by atoms with Gasteiger partial charge >= 0.3 is 18.3 Å². The van der Waals surface area contributed by atoms with E-state index in [1.165, 1.54) is 17.7 Å². The average molecular weight is 472 g/mol. The number of nitrogens with zero attached hydrogens (tertiary/aromatic N) is 1. The summed E-state index contributed by atoms with van der Waals surface area (Å²) in [5, 5.41) is 0.670. The zero-order valence-corrected chi connectivity index (χ0v) is 17.1. The highest BCUT2D eigenvalue weighted by molar-refractivity contribution is 5.94. The highest BCUT2D eigenvalue weighted by atomic mass is 19.4. The molecule has 2 N–H and O–H groups in total. The molecule has 0 amide bonds. The molecule has 1 unspecified atom stereocenters. The molecule has 0 aliphatic carbocycles. The number of nitrogens with two attached hydrogens (primary N) is 1. The minimum atomic E-state index is -5.01. The van der Waals surface area contributed by atoms with E-state index in [0.29, 0.717) is 28.6 Å². The molecule has 0 bridgehead atoms. The molecule has 33 heavy (non-hydrogen) atoms. The van der Waals surface area contributed by atoms with Crippen molar-refractivity contribution >= 4 is 22.8 Å². The highest BCUT2D eigenvalue weighted by Gasteiger charge is 2.37. The molecule has 5 nitrogen and oxygen atoms in total. The van der Waals surface area contributed by atoms with E-state index in [9.17, 15) is 35.9 Å². The quantitative estimate of drug-likeness (QED) is 0.421. The Morgan fingerprint density at radius 2 is 1.58 bits per heavy atom. The van der Waals surface area contributed by atoms with E-state index in [0.717, 1.165) is 0 Å². The lowest BCUT2D eigenvalue weighted by Gasteiger charge is -2.15. The summed E-state index contributed by atoms with van der Waals surface area (Å²) in [6.45, 7) is 0.531. The molecule has 0 aliphatic rings. The molecule has 2 aromatic carbocycles. The monoisotopic (exact) mass is 472 g/mol. The second kappa shape index (κ2) is 8.89. The largest absolute Gasteiger partial charge is 0.460 e. The maximum atomic E-state index is 13.0. The number of hydrogen-bond donors (Lipinski definition) is 1. The van der Waals surface area contributed by atoms with Crippen molar-refractivity contribution in [1.29, 1.82) is 0 Å². The van der Waals surface area contributed by atoms with Crippen LogP contribution in [-0.2, 0) is 34.9 Å². The smallest absolute Gasteiger partial charge is 0.416 e. The first-order valence-corrected chi connectivity index (χ1v) is 9.58. The number of rotatable bonds is 5. The zero-order valence-electron chi connectivity index (χ0n) is 17.1. The maximum Gasteiger partial charge on any atom is 0.416 e. The summed E-state index contributed by atoms with van der Waals surface area (Å²) in [6.07, 6.45) is -8.57. The van der Waals surface area contributed by atoms with Crippen molar-refractivity contribution in [3.8, 4) is 0 Å². The van der Waals surface area contributed by atoms with Crippen LogP contribution in [0.25, 0.3) is 10.9 Å². The van der Waals surface area contributed by atoms with Crippen molar-refractivity contribution in [3.63, 3.8) is 0 Å². The van der Waals surface area contributed by atoms with Gasteiger partial charge in [0.2, 0.25) is 5.91 Å². The predicted octanol–water partition coefficient (Wildman–Crippen LogP) is 4.95. The number of halogens is 6. The fourth-order valence-electron chi connectivity index (χ4n) is 3.36. The van der Waals surface area contributed by atoms with Crippen molar-refractivity contribution in [2.45, 2.75) is 38.3 Å². The van der Waals surface area contributed by atoms with Gasteiger partial charge in [-0.25, -0.2) is 0 Å². The molecule has 3 aromatic rings. The van der Waals surface area contributed by atoms with Crippen LogP contribution in [0.4, 0.5) is 26.3 Å². The summed E-state index contributed by atoms with van der Waals surface area (Å²) in [5.74, 6) is -1.28. The molecule has 1 aromatic heterocycles. The number of ether oxygens (including phenoxy) is 1. The van der Waals surface area contributed by atoms with Crippen LogP contribution in [0, 0.1) is 0 Å². The van der Waals surface area contributed by atoms with E-state index in [-0.39, 0.29) is 18.4 Å². The lowest BCUT2D eigenvalue weighted by molar-refractivity contribution is -0.146. The van der Waals surface area contributed by atoms with Crippen LogP contribution in [0.3, 0.4) is 0 Å². The second-order valence-electron chi connectivity index (χ2n) is 7.39. The van der Waals surface area contributed by atoms with Gasteiger partial charge < -0.3 is 10.5 Å². The Morgan fingerprint density at radius 1 is 1.00 bits per heavy atom. The van der Waals surface area contributed by atoms with E-state index in [4.69, 9.17) is 10.5 Å². The third kappa shape index (κ3) is 5.54. The normalized spacial score (nSPS) is 13.2. The topological polar surface area (TPSA) is 74.3 Å². The summed E-state index contributed by atoms with van der Waals surface area (Å²) in [7, 11) is 0. The fraction of sp³-hybridized carbons (Fsp3) is 0.273. The lowest BCUT2D eigenvalue weighted by atomic mass is 10.0. The van der Waals surface area contributed by atoms with Crippen molar-refractivity contribution in [2.24, 2.45) is 5.73 Å². The van der Waals surface area contributed by atoms with Gasteiger partial charge in [0, 0.05) is 24.9 Å². The standard InChI is InChI=1S/C22H18F6N2O3/c1-12(31)30-10-14(17-4-2-3-5-19(17)30)8-18(29)20(32)33-11-13-6-15(21(23,24)25)9-16(7-13)22(26,27)28/h2-7,9-10,18H,8,11,29H2,1H3. The van der Waals surface area contributed by atoms with Crippen molar-refractivity contribution in [2.75, 3.05) is 0 Å². The Bertz CT molecular complexity index is 1160. The van der Waals surface area contributed by atoms with Gasteiger partial charge in [-0.05, 0) is 35.4 Å². The molecule has 11 heteroatoms. The molecule has 176 valence electrons. The Balaban J connectivity index is 1.77. The first-order valence-electron chi connectivity index (χ1n) is 9.58. The number of alkyl halides is 6. The van der Waals surface area contributed by atoms with Crippen molar-refractivity contribution in [3.05, 3.63) is 70.9 Å². The number of para-hydroxylation sites is 1. The second-order valence-corrected chi connectivity index (χ2v) is 7.39. The fourth-order valence-corrected chi connectivity index (χ4v) is 3.36. The van der Waals surface area contributed by atoms with Gasteiger partial charge in [-0.15, -0.1) is 0 Å². The highest BCUT2D eigenvalue weighted by Crippen LogP contribution is 2.36. The Kier molecular flexibility index (Phi) is 6.55. The zero-order chi connectivity index (χ0) is 24.6. The number of hydrogen-bond acceptors (Lipinski definition) is 4. The molecule has 0 spiro atoms. The number of carbonyl (C=O) groups excluding carboxylic acids is 2. The van der Waals surface area contributed by atoms with E-state index in [1.54, 1.807) is 24.3 Å². The maximum absolute atomic E-state index is 13.0. The molecule has 1 heterocycles. The molecule has 3 rings (SSSR count). The van der Waals surface area contributed by atoms with Gasteiger partial charge in [-0.1, -0.05) is 18.2 Å². The summed E-state index contributed by atoms with van der Waals surface area (Å²) >= 11 is 0. The van der Waals surface area contributed by atoms with Gasteiger partial charge in [0.05, 0.1) is 16.6 Å². The first-order chi connectivity index (χ1) is 15.3. The first kappa shape index (κ1) is 24.3. The number of fused-ring (bicyclic) bond motifs is 1. The molecule has 0 fully saturated rings.